The molecule has 7 nitrogen and oxygen atoms in total. The lowest BCUT2D eigenvalue weighted by Crippen LogP contribution is -2.26. The molecule has 186 valence electrons. The number of ether oxygens (including phenoxy) is 1. The predicted molar refractivity (Wildman–Crippen MR) is 136 cm³/mol. The number of anilines is 1. The number of halogens is 3. The van der Waals surface area contributed by atoms with Crippen molar-refractivity contribution in [3.63, 3.8) is 0 Å². The normalized spacial score (nSPS) is 15.5. The van der Waals surface area contributed by atoms with E-state index in [9.17, 15) is 13.6 Å². The van der Waals surface area contributed by atoms with Crippen LogP contribution in [0.25, 0.3) is 22.8 Å². The second-order valence-corrected chi connectivity index (χ2v) is 10.9. The van der Waals surface area contributed by atoms with Gasteiger partial charge < -0.3 is 14.2 Å². The number of aromatic nitrogens is 3. The molecule has 0 N–H and O–H groups in total. The molecule has 1 aliphatic rings. The summed E-state index contributed by atoms with van der Waals surface area (Å²) in [6.45, 7) is 7.45. The molecule has 0 unspecified atom stereocenters. The van der Waals surface area contributed by atoms with Gasteiger partial charge in [-0.1, -0.05) is 23.4 Å². The second kappa shape index (κ2) is 9.79. The first-order valence-corrected chi connectivity index (χ1v) is 12.4. The fraction of sp³-hybridized carbons (Fsp3) is 0.440. The van der Waals surface area contributed by atoms with Crippen LogP contribution in [0.1, 0.15) is 44.7 Å². The molecule has 0 aliphatic carbocycles. The van der Waals surface area contributed by atoms with E-state index in [2.05, 4.69) is 37.7 Å². The van der Waals surface area contributed by atoms with E-state index in [1.807, 2.05) is 52.0 Å². The number of alkyl halides is 2. The Balaban J connectivity index is 1.46. The van der Waals surface area contributed by atoms with Crippen LogP contribution in [0.5, 0.6) is 0 Å². The van der Waals surface area contributed by atoms with Crippen molar-refractivity contribution in [3.8, 4) is 22.8 Å². The molecular weight excluding hydrogens is 569 g/mol. The molecule has 1 saturated heterocycles. The highest BCUT2D eigenvalue weighted by Gasteiger charge is 2.39. The lowest BCUT2D eigenvalue weighted by molar-refractivity contribution is -0.154. The summed E-state index contributed by atoms with van der Waals surface area (Å²) in [6, 6.07) is 7.66. The van der Waals surface area contributed by atoms with E-state index < -0.39 is 11.5 Å². The van der Waals surface area contributed by atoms with E-state index in [1.165, 1.54) is 0 Å². The minimum Gasteiger partial charge on any atom is -0.460 e. The van der Waals surface area contributed by atoms with Gasteiger partial charge in [-0.25, -0.2) is 13.8 Å². The van der Waals surface area contributed by atoms with Crippen LogP contribution in [0.4, 0.5) is 14.6 Å². The smallest absolute Gasteiger partial charge is 0.306 e. The fourth-order valence-corrected chi connectivity index (χ4v) is 4.73. The molecule has 10 heteroatoms. The van der Waals surface area contributed by atoms with Gasteiger partial charge in [0.1, 0.15) is 11.4 Å². The van der Waals surface area contributed by atoms with E-state index in [-0.39, 0.29) is 25.5 Å². The summed E-state index contributed by atoms with van der Waals surface area (Å²) in [7, 11) is 0. The van der Waals surface area contributed by atoms with Crippen molar-refractivity contribution < 1.29 is 22.8 Å². The highest BCUT2D eigenvalue weighted by Crippen LogP contribution is 2.34. The number of aryl methyl sites for hydroxylation is 2. The van der Waals surface area contributed by atoms with Crippen LogP contribution in [-0.4, -0.2) is 45.7 Å². The first-order chi connectivity index (χ1) is 16.4. The van der Waals surface area contributed by atoms with Gasteiger partial charge >= 0.3 is 5.97 Å². The molecule has 3 aromatic rings. The number of carbonyl (C=O) groups excluding carboxylic acids is 1. The molecule has 1 aromatic carbocycles. The molecule has 2 aromatic heterocycles. The highest BCUT2D eigenvalue weighted by molar-refractivity contribution is 14.1. The maximum absolute atomic E-state index is 13.6. The summed E-state index contributed by atoms with van der Waals surface area (Å²) in [5, 5.41) is 4.12. The summed E-state index contributed by atoms with van der Waals surface area (Å²) >= 11 is 2.09. The van der Waals surface area contributed by atoms with Crippen LogP contribution in [0.3, 0.4) is 0 Å². The minimum atomic E-state index is -2.69. The van der Waals surface area contributed by atoms with Crippen molar-refractivity contribution in [2.45, 2.75) is 58.5 Å². The molecular formula is C25H27F2IN4O3. The van der Waals surface area contributed by atoms with Crippen molar-refractivity contribution in [2.75, 3.05) is 18.0 Å². The van der Waals surface area contributed by atoms with Crippen molar-refractivity contribution in [1.82, 2.24) is 15.1 Å². The minimum absolute atomic E-state index is 0.168. The average molecular weight is 596 g/mol. The van der Waals surface area contributed by atoms with Gasteiger partial charge in [0.25, 0.3) is 11.8 Å². The molecule has 1 aliphatic heterocycles. The summed E-state index contributed by atoms with van der Waals surface area (Å²) < 4.78 is 38.8. The van der Waals surface area contributed by atoms with Crippen LogP contribution >= 0.6 is 22.6 Å². The first-order valence-electron chi connectivity index (χ1n) is 11.3. The quantitative estimate of drug-likeness (QED) is 0.262. The molecule has 0 spiro atoms. The standard InChI is InChI=1S/C25H27F2IN4O3/c1-15-11-16(6-8-20(33)34-24(2,3)4)5-7-18(15)21-30-23(35-31-21)17-12-19(28)22(29-13-17)32-10-9-25(26,27)14-32/h5,7,11-13H,6,8-10,14H2,1-4H3. The number of hydrogen-bond donors (Lipinski definition) is 0. The van der Waals surface area contributed by atoms with E-state index in [1.54, 1.807) is 11.1 Å². The Bertz CT molecular complexity index is 1240. The number of hydrogen-bond acceptors (Lipinski definition) is 7. The van der Waals surface area contributed by atoms with Gasteiger partial charge in [-0.3, -0.25) is 4.79 Å². The van der Waals surface area contributed by atoms with E-state index in [0.29, 0.717) is 35.9 Å². The first kappa shape index (κ1) is 25.5. The Hall–Kier alpha value is -2.63. The molecule has 3 heterocycles. The van der Waals surface area contributed by atoms with Crippen LogP contribution in [-0.2, 0) is 16.0 Å². The maximum atomic E-state index is 13.6. The number of esters is 1. The van der Waals surface area contributed by atoms with Crippen molar-refractivity contribution in [2.24, 2.45) is 0 Å². The van der Waals surface area contributed by atoms with Gasteiger partial charge in [-0.2, -0.15) is 4.98 Å². The third-order valence-corrected chi connectivity index (χ3v) is 6.33. The summed E-state index contributed by atoms with van der Waals surface area (Å²) in [6.07, 6.45) is 2.28. The maximum Gasteiger partial charge on any atom is 0.306 e. The molecule has 0 bridgehead atoms. The Morgan fingerprint density at radius 3 is 2.69 bits per heavy atom. The van der Waals surface area contributed by atoms with E-state index in [4.69, 9.17) is 9.26 Å². The molecule has 0 atom stereocenters. The van der Waals surface area contributed by atoms with Gasteiger partial charge in [0, 0.05) is 31.1 Å². The summed E-state index contributed by atoms with van der Waals surface area (Å²) in [5.41, 5.74) is 2.91. The monoisotopic (exact) mass is 596 g/mol. The van der Waals surface area contributed by atoms with Crippen molar-refractivity contribution in [3.05, 3.63) is 45.2 Å². The largest absolute Gasteiger partial charge is 0.460 e. The second-order valence-electron chi connectivity index (χ2n) is 9.72. The number of carbonyl (C=O) groups is 1. The number of rotatable bonds is 6. The average Bonchev–Trinajstić information content (AvgIpc) is 3.37. The highest BCUT2D eigenvalue weighted by atomic mass is 127. The topological polar surface area (TPSA) is 81.3 Å². The Morgan fingerprint density at radius 1 is 1.29 bits per heavy atom. The van der Waals surface area contributed by atoms with Crippen molar-refractivity contribution >= 4 is 34.4 Å². The van der Waals surface area contributed by atoms with Crippen molar-refractivity contribution in [1.29, 1.82) is 0 Å². The fourth-order valence-electron chi connectivity index (χ4n) is 3.92. The predicted octanol–water partition coefficient (Wildman–Crippen LogP) is 5.83. The van der Waals surface area contributed by atoms with Gasteiger partial charge in [0.2, 0.25) is 5.82 Å². The van der Waals surface area contributed by atoms with E-state index >= 15 is 0 Å². The lowest BCUT2D eigenvalue weighted by atomic mass is 10.0. The van der Waals surface area contributed by atoms with Crippen LogP contribution in [0.15, 0.2) is 35.0 Å². The van der Waals surface area contributed by atoms with Gasteiger partial charge in [0.05, 0.1) is 15.7 Å². The molecule has 0 saturated carbocycles. The third-order valence-electron chi connectivity index (χ3n) is 5.53. The molecule has 1 fully saturated rings. The zero-order valence-electron chi connectivity index (χ0n) is 20.1. The number of nitrogens with zero attached hydrogens (tertiary/aromatic N) is 4. The summed E-state index contributed by atoms with van der Waals surface area (Å²) in [4.78, 5) is 22.5. The van der Waals surface area contributed by atoms with Crippen LogP contribution in [0, 0.1) is 10.5 Å². The van der Waals surface area contributed by atoms with Gasteiger partial charge in [-0.05, 0) is 73.9 Å². The SMILES string of the molecule is Cc1cc(CCC(=O)OC(C)(C)C)ccc1-c1noc(-c2cnc(N3CCC(F)(F)C3)c(I)c2)n1. The molecule has 4 rings (SSSR count). The summed E-state index contributed by atoms with van der Waals surface area (Å²) in [5.74, 6) is -1.64. The molecule has 35 heavy (non-hydrogen) atoms. The van der Waals surface area contributed by atoms with Gasteiger partial charge in [-0.15, -0.1) is 0 Å². The third kappa shape index (κ3) is 6.33. The number of pyridine rings is 1. The van der Waals surface area contributed by atoms with Crippen LogP contribution in [0.2, 0.25) is 0 Å². The number of benzene rings is 1. The molecule has 0 radical (unpaired) electrons. The van der Waals surface area contributed by atoms with Crippen LogP contribution < -0.4 is 4.90 Å². The molecule has 0 amide bonds. The van der Waals surface area contributed by atoms with Gasteiger partial charge in [0.15, 0.2) is 0 Å². The zero-order valence-corrected chi connectivity index (χ0v) is 22.2. The lowest BCUT2D eigenvalue weighted by Gasteiger charge is -2.19. The Morgan fingerprint density at radius 2 is 2.06 bits per heavy atom. The zero-order chi connectivity index (χ0) is 25.4. The Labute approximate surface area is 216 Å². The van der Waals surface area contributed by atoms with E-state index in [0.717, 1.165) is 20.3 Å². The Kier molecular flexibility index (Phi) is 7.12.